The fourth-order valence-electron chi connectivity index (χ4n) is 1.91. The largest absolute Gasteiger partial charge is 0.467 e. The maximum Gasteiger partial charge on any atom is 0.270 e. The minimum absolute atomic E-state index is 0.199. The molecule has 3 rings (SSSR count). The van der Waals surface area contributed by atoms with Crippen molar-refractivity contribution >= 4 is 17.5 Å². The first-order valence-electron chi connectivity index (χ1n) is 6.87. The molecule has 7 heteroatoms. The van der Waals surface area contributed by atoms with Gasteiger partial charge in [-0.05, 0) is 36.4 Å². The summed E-state index contributed by atoms with van der Waals surface area (Å²) < 4.78 is 18.3. The van der Waals surface area contributed by atoms with Crippen LogP contribution in [0, 0.1) is 5.82 Å². The normalized spacial score (nSPS) is 10.3. The van der Waals surface area contributed by atoms with Gasteiger partial charge < -0.3 is 15.1 Å². The summed E-state index contributed by atoms with van der Waals surface area (Å²) in [5.41, 5.74) is 0.698. The molecule has 1 amide bonds. The van der Waals surface area contributed by atoms with E-state index in [0.717, 1.165) is 0 Å². The standard InChI is InChI=1S/C16H13FN4O2/c17-11-3-1-4-12(9-11)20-16-18-7-6-14(21-16)15(22)19-10-13-5-2-8-23-13/h1-9H,10H2,(H,19,22)(H,18,20,21). The number of amides is 1. The molecule has 1 aromatic carbocycles. The zero-order chi connectivity index (χ0) is 16.1. The molecule has 0 aliphatic carbocycles. The highest BCUT2D eigenvalue weighted by molar-refractivity contribution is 5.92. The molecule has 0 unspecified atom stereocenters. The molecule has 2 aromatic heterocycles. The molecule has 0 saturated carbocycles. The maximum absolute atomic E-state index is 13.2. The van der Waals surface area contributed by atoms with Gasteiger partial charge in [0.1, 0.15) is 17.3 Å². The van der Waals surface area contributed by atoms with Gasteiger partial charge in [-0.15, -0.1) is 0 Å². The fraction of sp³-hybridized carbons (Fsp3) is 0.0625. The lowest BCUT2D eigenvalue weighted by Crippen LogP contribution is -2.23. The summed E-state index contributed by atoms with van der Waals surface area (Å²) in [6.45, 7) is 0.266. The SMILES string of the molecule is O=C(NCc1ccco1)c1ccnc(Nc2cccc(F)c2)n1. The lowest BCUT2D eigenvalue weighted by Gasteiger charge is -2.07. The average molecular weight is 312 g/mol. The predicted molar refractivity (Wildman–Crippen MR) is 81.6 cm³/mol. The third-order valence-electron chi connectivity index (χ3n) is 2.97. The Kier molecular flexibility index (Phi) is 4.28. The molecule has 0 bridgehead atoms. The number of aromatic nitrogens is 2. The maximum atomic E-state index is 13.2. The lowest BCUT2D eigenvalue weighted by atomic mass is 10.3. The van der Waals surface area contributed by atoms with Crippen LogP contribution in [-0.4, -0.2) is 15.9 Å². The highest BCUT2D eigenvalue weighted by Gasteiger charge is 2.09. The van der Waals surface area contributed by atoms with E-state index in [1.54, 1.807) is 24.3 Å². The first-order valence-corrected chi connectivity index (χ1v) is 6.87. The van der Waals surface area contributed by atoms with E-state index >= 15 is 0 Å². The number of hydrogen-bond acceptors (Lipinski definition) is 5. The van der Waals surface area contributed by atoms with E-state index in [1.165, 1.54) is 30.7 Å². The molecule has 116 valence electrons. The number of halogens is 1. The van der Waals surface area contributed by atoms with Crippen molar-refractivity contribution in [2.75, 3.05) is 5.32 Å². The first kappa shape index (κ1) is 14.7. The topological polar surface area (TPSA) is 80.0 Å². The highest BCUT2D eigenvalue weighted by atomic mass is 19.1. The van der Waals surface area contributed by atoms with Crippen molar-refractivity contribution in [3.8, 4) is 0 Å². The van der Waals surface area contributed by atoms with Crippen molar-refractivity contribution in [3.63, 3.8) is 0 Å². The molecule has 0 fully saturated rings. The Morgan fingerprint density at radius 1 is 1.22 bits per heavy atom. The molecule has 23 heavy (non-hydrogen) atoms. The number of carbonyl (C=O) groups excluding carboxylic acids is 1. The van der Waals surface area contributed by atoms with E-state index in [1.807, 2.05) is 0 Å². The van der Waals surface area contributed by atoms with Gasteiger partial charge in [-0.25, -0.2) is 14.4 Å². The summed E-state index contributed by atoms with van der Waals surface area (Å²) >= 11 is 0. The molecule has 2 heterocycles. The van der Waals surface area contributed by atoms with Crippen LogP contribution >= 0.6 is 0 Å². The number of rotatable bonds is 5. The Labute approximate surface area is 131 Å². The van der Waals surface area contributed by atoms with E-state index < -0.39 is 0 Å². The van der Waals surface area contributed by atoms with Crippen LogP contribution in [0.1, 0.15) is 16.2 Å². The van der Waals surface area contributed by atoms with Crippen molar-refractivity contribution in [2.45, 2.75) is 6.54 Å². The smallest absolute Gasteiger partial charge is 0.270 e. The van der Waals surface area contributed by atoms with Crippen molar-refractivity contribution in [1.29, 1.82) is 0 Å². The second kappa shape index (κ2) is 6.69. The summed E-state index contributed by atoms with van der Waals surface area (Å²) in [5.74, 6) is 0.125. The Morgan fingerprint density at radius 3 is 2.91 bits per heavy atom. The third-order valence-corrected chi connectivity index (χ3v) is 2.97. The van der Waals surface area contributed by atoms with Crippen LogP contribution in [0.3, 0.4) is 0 Å². The Balaban J connectivity index is 1.68. The molecule has 0 atom stereocenters. The minimum atomic E-state index is -0.373. The molecule has 0 aliphatic rings. The van der Waals surface area contributed by atoms with E-state index in [-0.39, 0.29) is 29.9 Å². The van der Waals surface area contributed by atoms with E-state index in [0.29, 0.717) is 11.4 Å². The lowest BCUT2D eigenvalue weighted by molar-refractivity contribution is 0.0943. The minimum Gasteiger partial charge on any atom is -0.467 e. The Hall–Kier alpha value is -3.22. The fourth-order valence-corrected chi connectivity index (χ4v) is 1.91. The predicted octanol–water partition coefficient (Wildman–Crippen LogP) is 2.88. The third kappa shape index (κ3) is 3.91. The number of nitrogens with zero attached hydrogens (tertiary/aromatic N) is 2. The summed E-state index contributed by atoms with van der Waals surface area (Å²) in [4.78, 5) is 20.2. The van der Waals surface area contributed by atoms with Crippen molar-refractivity contribution < 1.29 is 13.6 Å². The molecule has 0 aliphatic heterocycles. The van der Waals surface area contributed by atoms with E-state index in [2.05, 4.69) is 20.6 Å². The van der Waals surface area contributed by atoms with Crippen molar-refractivity contribution in [1.82, 2.24) is 15.3 Å². The monoisotopic (exact) mass is 312 g/mol. The van der Waals surface area contributed by atoms with Gasteiger partial charge in [0.05, 0.1) is 12.8 Å². The average Bonchev–Trinajstić information content (AvgIpc) is 3.06. The van der Waals surface area contributed by atoms with Crippen molar-refractivity contribution in [2.24, 2.45) is 0 Å². The number of carbonyl (C=O) groups is 1. The quantitative estimate of drug-likeness (QED) is 0.757. The molecular weight excluding hydrogens is 299 g/mol. The van der Waals surface area contributed by atoms with Crippen LogP contribution in [-0.2, 0) is 6.54 Å². The number of anilines is 2. The second-order valence-electron chi connectivity index (χ2n) is 4.66. The molecule has 0 radical (unpaired) electrons. The summed E-state index contributed by atoms with van der Waals surface area (Å²) in [7, 11) is 0. The van der Waals surface area contributed by atoms with Gasteiger partial charge in [0, 0.05) is 11.9 Å². The van der Waals surface area contributed by atoms with Gasteiger partial charge in [0.25, 0.3) is 5.91 Å². The number of furan rings is 1. The zero-order valence-electron chi connectivity index (χ0n) is 12.0. The summed E-state index contributed by atoms with van der Waals surface area (Å²) in [6.07, 6.45) is 2.99. The summed E-state index contributed by atoms with van der Waals surface area (Å²) in [6, 6.07) is 10.9. The van der Waals surface area contributed by atoms with E-state index in [4.69, 9.17) is 4.42 Å². The van der Waals surface area contributed by atoms with Gasteiger partial charge >= 0.3 is 0 Å². The molecule has 0 saturated heterocycles. The van der Waals surface area contributed by atoms with Gasteiger partial charge in [-0.2, -0.15) is 0 Å². The van der Waals surface area contributed by atoms with E-state index in [9.17, 15) is 9.18 Å². The first-order chi connectivity index (χ1) is 11.2. The molecule has 6 nitrogen and oxygen atoms in total. The molecular formula is C16H13FN4O2. The zero-order valence-corrected chi connectivity index (χ0v) is 12.0. The Morgan fingerprint density at radius 2 is 2.13 bits per heavy atom. The van der Waals surface area contributed by atoms with Gasteiger partial charge in [-0.3, -0.25) is 4.79 Å². The van der Waals surface area contributed by atoms with Crippen LogP contribution in [0.25, 0.3) is 0 Å². The van der Waals surface area contributed by atoms with Crippen molar-refractivity contribution in [3.05, 3.63) is 72.2 Å². The van der Waals surface area contributed by atoms with Gasteiger partial charge in [0.2, 0.25) is 5.95 Å². The molecule has 0 spiro atoms. The van der Waals surface area contributed by atoms with Crippen LogP contribution in [0.15, 0.2) is 59.3 Å². The van der Waals surface area contributed by atoms with Gasteiger partial charge in [0.15, 0.2) is 0 Å². The molecule has 2 N–H and O–H groups in total. The number of hydrogen-bond donors (Lipinski definition) is 2. The van der Waals surface area contributed by atoms with Crippen LogP contribution in [0.2, 0.25) is 0 Å². The molecule has 3 aromatic rings. The second-order valence-corrected chi connectivity index (χ2v) is 4.66. The van der Waals surface area contributed by atoms with Crippen LogP contribution < -0.4 is 10.6 Å². The Bertz CT molecular complexity index is 805. The number of benzene rings is 1. The summed E-state index contributed by atoms with van der Waals surface area (Å²) in [5, 5.41) is 5.54. The highest BCUT2D eigenvalue weighted by Crippen LogP contribution is 2.14. The van der Waals surface area contributed by atoms with Gasteiger partial charge in [-0.1, -0.05) is 6.07 Å². The van der Waals surface area contributed by atoms with Crippen LogP contribution in [0.5, 0.6) is 0 Å². The number of nitrogens with one attached hydrogen (secondary N) is 2. The van der Waals surface area contributed by atoms with Crippen LogP contribution in [0.4, 0.5) is 16.0 Å².